The molecule has 4 nitrogen and oxygen atoms in total. The Balaban J connectivity index is 1.94. The molecule has 0 aliphatic carbocycles. The van der Waals surface area contributed by atoms with Crippen LogP contribution in [-0.4, -0.2) is 36.8 Å². The van der Waals surface area contributed by atoms with E-state index in [0.29, 0.717) is 0 Å². The third-order valence-electron chi connectivity index (χ3n) is 2.92. The van der Waals surface area contributed by atoms with E-state index in [2.05, 4.69) is 32.2 Å². The molecule has 0 radical (unpaired) electrons. The number of hydrogen-bond acceptors (Lipinski definition) is 3. The van der Waals surface area contributed by atoms with Gasteiger partial charge in [-0.3, -0.25) is 4.79 Å². The highest BCUT2D eigenvalue weighted by molar-refractivity contribution is 9.10. The molecule has 1 atom stereocenters. The lowest BCUT2D eigenvalue weighted by molar-refractivity contribution is -0.136. The van der Waals surface area contributed by atoms with Gasteiger partial charge in [0.05, 0.1) is 12.2 Å². The molecule has 0 saturated carbocycles. The number of carboxylic acids is 1. The van der Waals surface area contributed by atoms with Gasteiger partial charge in [-0.25, -0.2) is 0 Å². The van der Waals surface area contributed by atoms with Gasteiger partial charge in [-0.15, -0.1) is 0 Å². The molecule has 2 rings (SSSR count). The van der Waals surface area contributed by atoms with Crippen LogP contribution in [0.4, 0.5) is 5.69 Å². The van der Waals surface area contributed by atoms with Crippen molar-refractivity contribution >= 4 is 27.6 Å². The Kier molecular flexibility index (Phi) is 4.02. The van der Waals surface area contributed by atoms with E-state index in [-0.39, 0.29) is 12.6 Å². The van der Waals surface area contributed by atoms with Crippen LogP contribution in [0.3, 0.4) is 0 Å². The summed E-state index contributed by atoms with van der Waals surface area (Å²) >= 11 is 3.53. The molecule has 1 aliphatic rings. The molecule has 1 fully saturated rings. The SMILES string of the molecule is O=C(O)CNC1CCN(c2ccccc2Br)C1. The number of rotatable bonds is 4. The molecule has 92 valence electrons. The number of carbonyl (C=O) groups is 1. The van der Waals surface area contributed by atoms with E-state index in [1.54, 1.807) is 0 Å². The van der Waals surface area contributed by atoms with Crippen LogP contribution in [0.25, 0.3) is 0 Å². The van der Waals surface area contributed by atoms with Gasteiger partial charge in [0.1, 0.15) is 0 Å². The Bertz CT molecular complexity index is 411. The Hall–Kier alpha value is -1.07. The summed E-state index contributed by atoms with van der Waals surface area (Å²) in [5, 5.41) is 11.7. The second-order valence-electron chi connectivity index (χ2n) is 4.16. The van der Waals surface area contributed by atoms with E-state index in [9.17, 15) is 4.79 Å². The van der Waals surface area contributed by atoms with Gasteiger partial charge in [-0.05, 0) is 34.5 Å². The maximum Gasteiger partial charge on any atom is 0.317 e. The van der Waals surface area contributed by atoms with Crippen molar-refractivity contribution in [1.82, 2.24) is 5.32 Å². The van der Waals surface area contributed by atoms with Gasteiger partial charge in [0, 0.05) is 23.6 Å². The quantitative estimate of drug-likeness (QED) is 0.888. The third kappa shape index (κ3) is 3.20. The zero-order valence-corrected chi connectivity index (χ0v) is 11.0. The van der Waals surface area contributed by atoms with E-state index >= 15 is 0 Å². The van der Waals surface area contributed by atoms with Crippen molar-refractivity contribution in [2.45, 2.75) is 12.5 Å². The Morgan fingerprint density at radius 1 is 1.53 bits per heavy atom. The molecule has 1 aliphatic heterocycles. The number of carboxylic acid groups (broad SMARTS) is 1. The highest BCUT2D eigenvalue weighted by Crippen LogP contribution is 2.28. The molecule has 0 aromatic heterocycles. The van der Waals surface area contributed by atoms with Crippen LogP contribution in [0.5, 0.6) is 0 Å². The highest BCUT2D eigenvalue weighted by atomic mass is 79.9. The molecule has 17 heavy (non-hydrogen) atoms. The zero-order chi connectivity index (χ0) is 12.3. The Labute approximate surface area is 109 Å². The number of halogens is 1. The standard InChI is InChI=1S/C12H15BrN2O2/c13-10-3-1-2-4-11(10)15-6-5-9(8-15)14-7-12(16)17/h1-4,9,14H,5-8H2,(H,16,17). The fraction of sp³-hybridized carbons (Fsp3) is 0.417. The first kappa shape index (κ1) is 12.4. The average Bonchev–Trinajstić information content (AvgIpc) is 2.75. The van der Waals surface area contributed by atoms with Crippen LogP contribution in [0.2, 0.25) is 0 Å². The second-order valence-corrected chi connectivity index (χ2v) is 5.01. The fourth-order valence-corrected chi connectivity index (χ4v) is 2.62. The summed E-state index contributed by atoms with van der Waals surface area (Å²) < 4.78 is 1.08. The first-order valence-corrected chi connectivity index (χ1v) is 6.41. The maximum atomic E-state index is 10.5. The summed E-state index contributed by atoms with van der Waals surface area (Å²) in [6, 6.07) is 8.36. The smallest absolute Gasteiger partial charge is 0.317 e. The maximum absolute atomic E-state index is 10.5. The van der Waals surface area contributed by atoms with Crippen molar-refractivity contribution in [3.05, 3.63) is 28.7 Å². The lowest BCUT2D eigenvalue weighted by Gasteiger charge is -2.20. The van der Waals surface area contributed by atoms with Gasteiger partial charge in [0.25, 0.3) is 0 Å². The molecule has 1 unspecified atom stereocenters. The molecule has 1 aromatic rings. The molecule has 1 aromatic carbocycles. The molecule has 2 N–H and O–H groups in total. The molecular weight excluding hydrogens is 284 g/mol. The summed E-state index contributed by atoms with van der Waals surface area (Å²) in [6.07, 6.45) is 0.981. The number of hydrogen-bond donors (Lipinski definition) is 2. The molecule has 1 saturated heterocycles. The van der Waals surface area contributed by atoms with E-state index < -0.39 is 5.97 Å². The molecular formula is C12H15BrN2O2. The summed E-state index contributed by atoms with van der Waals surface area (Å²) in [7, 11) is 0. The summed E-state index contributed by atoms with van der Waals surface area (Å²) in [5.41, 5.74) is 1.17. The predicted octanol–water partition coefficient (Wildman–Crippen LogP) is 1.70. The van der Waals surface area contributed by atoms with Crippen molar-refractivity contribution in [3.63, 3.8) is 0 Å². The van der Waals surface area contributed by atoms with Crippen LogP contribution in [0, 0.1) is 0 Å². The number of aliphatic carboxylic acids is 1. The lowest BCUT2D eigenvalue weighted by Crippen LogP contribution is -2.36. The minimum Gasteiger partial charge on any atom is -0.480 e. The monoisotopic (exact) mass is 298 g/mol. The van der Waals surface area contributed by atoms with Crippen LogP contribution < -0.4 is 10.2 Å². The Morgan fingerprint density at radius 3 is 3.00 bits per heavy atom. The molecule has 0 bridgehead atoms. The van der Waals surface area contributed by atoms with Crippen LogP contribution in [0.15, 0.2) is 28.7 Å². The van der Waals surface area contributed by atoms with Gasteiger partial charge >= 0.3 is 5.97 Å². The molecule has 0 amide bonds. The van der Waals surface area contributed by atoms with E-state index in [0.717, 1.165) is 24.0 Å². The fourth-order valence-electron chi connectivity index (χ4n) is 2.09. The van der Waals surface area contributed by atoms with Crippen LogP contribution in [0.1, 0.15) is 6.42 Å². The third-order valence-corrected chi connectivity index (χ3v) is 3.59. The van der Waals surface area contributed by atoms with Gasteiger partial charge in [0.15, 0.2) is 0 Å². The van der Waals surface area contributed by atoms with Crippen LogP contribution >= 0.6 is 15.9 Å². The molecule has 0 spiro atoms. The zero-order valence-electron chi connectivity index (χ0n) is 9.40. The number of nitrogens with one attached hydrogen (secondary N) is 1. The lowest BCUT2D eigenvalue weighted by atomic mass is 10.2. The number of nitrogens with zero attached hydrogens (tertiary/aromatic N) is 1. The minimum atomic E-state index is -0.802. The van der Waals surface area contributed by atoms with Crippen LogP contribution in [-0.2, 0) is 4.79 Å². The van der Waals surface area contributed by atoms with Crippen molar-refractivity contribution < 1.29 is 9.90 Å². The molecule has 1 heterocycles. The van der Waals surface area contributed by atoms with Crippen molar-refractivity contribution in [3.8, 4) is 0 Å². The summed E-state index contributed by atoms with van der Waals surface area (Å²) in [5.74, 6) is -0.802. The minimum absolute atomic E-state index is 0.0362. The van der Waals surface area contributed by atoms with Crippen molar-refractivity contribution in [1.29, 1.82) is 0 Å². The first-order valence-electron chi connectivity index (χ1n) is 5.61. The topological polar surface area (TPSA) is 52.6 Å². The predicted molar refractivity (Wildman–Crippen MR) is 70.4 cm³/mol. The van der Waals surface area contributed by atoms with Gasteiger partial charge < -0.3 is 15.3 Å². The highest BCUT2D eigenvalue weighted by Gasteiger charge is 2.23. The van der Waals surface area contributed by atoms with Gasteiger partial charge in [0.2, 0.25) is 0 Å². The normalized spacial score (nSPS) is 19.6. The number of para-hydroxylation sites is 1. The van der Waals surface area contributed by atoms with E-state index in [1.165, 1.54) is 5.69 Å². The summed E-state index contributed by atoms with van der Waals surface area (Å²) in [4.78, 5) is 12.7. The summed E-state index contributed by atoms with van der Waals surface area (Å²) in [6.45, 7) is 1.85. The molecule has 5 heteroatoms. The van der Waals surface area contributed by atoms with Gasteiger partial charge in [-0.2, -0.15) is 0 Å². The Morgan fingerprint density at radius 2 is 2.29 bits per heavy atom. The largest absolute Gasteiger partial charge is 0.480 e. The van der Waals surface area contributed by atoms with Crippen molar-refractivity contribution in [2.24, 2.45) is 0 Å². The average molecular weight is 299 g/mol. The number of anilines is 1. The first-order chi connectivity index (χ1) is 8.16. The van der Waals surface area contributed by atoms with E-state index in [1.807, 2.05) is 18.2 Å². The second kappa shape index (κ2) is 5.51. The van der Waals surface area contributed by atoms with Gasteiger partial charge in [-0.1, -0.05) is 12.1 Å². The van der Waals surface area contributed by atoms with E-state index in [4.69, 9.17) is 5.11 Å². The van der Waals surface area contributed by atoms with Crippen molar-refractivity contribution in [2.75, 3.05) is 24.5 Å². The number of benzene rings is 1.